The lowest BCUT2D eigenvalue weighted by Gasteiger charge is -2.09. The van der Waals surface area contributed by atoms with Crippen LogP contribution in [-0.2, 0) is 6.42 Å². The average Bonchev–Trinajstić information content (AvgIpc) is 2.62. The van der Waals surface area contributed by atoms with Crippen LogP contribution in [0.3, 0.4) is 0 Å². The third-order valence-corrected chi connectivity index (χ3v) is 3.95. The summed E-state index contributed by atoms with van der Waals surface area (Å²) in [6.45, 7) is 2.07. The zero-order chi connectivity index (χ0) is 17.8. The monoisotopic (exact) mass is 353 g/mol. The first-order valence-electron chi connectivity index (χ1n) is 7.83. The first-order chi connectivity index (χ1) is 12.1. The van der Waals surface area contributed by atoms with E-state index in [0.717, 1.165) is 12.1 Å². The second kappa shape index (κ2) is 7.32. The van der Waals surface area contributed by atoms with Gasteiger partial charge in [0.15, 0.2) is 5.69 Å². The van der Waals surface area contributed by atoms with Crippen molar-refractivity contribution < 1.29 is 4.79 Å². The van der Waals surface area contributed by atoms with Gasteiger partial charge >= 0.3 is 0 Å². The Labute approximate surface area is 149 Å². The second-order valence-electron chi connectivity index (χ2n) is 5.46. The summed E-state index contributed by atoms with van der Waals surface area (Å²) < 4.78 is 1.51. The van der Waals surface area contributed by atoms with E-state index in [1.54, 1.807) is 30.5 Å². The van der Waals surface area contributed by atoms with Crippen LogP contribution < -0.4 is 10.7 Å². The molecule has 126 valence electrons. The van der Waals surface area contributed by atoms with E-state index in [1.165, 1.54) is 16.3 Å². The molecule has 1 aromatic heterocycles. The number of halogens is 1. The third-order valence-electron chi connectivity index (χ3n) is 3.71. The standard InChI is InChI=1S/C19H16ClN3O2/c1-2-13-6-8-16(9-7-13)23-11-10-17(24)18(22-23)19(25)21-15-5-3-4-14(20)12-15/h3-12H,2H2,1H3,(H,21,25). The van der Waals surface area contributed by atoms with Crippen LogP contribution in [0.5, 0.6) is 0 Å². The van der Waals surface area contributed by atoms with Gasteiger partial charge in [0.2, 0.25) is 5.43 Å². The van der Waals surface area contributed by atoms with Crippen molar-refractivity contribution in [3.05, 3.63) is 87.3 Å². The van der Waals surface area contributed by atoms with E-state index in [2.05, 4.69) is 17.3 Å². The minimum Gasteiger partial charge on any atom is -0.320 e. The lowest BCUT2D eigenvalue weighted by Crippen LogP contribution is -2.25. The molecule has 0 aliphatic rings. The number of benzene rings is 2. The van der Waals surface area contributed by atoms with Crippen molar-refractivity contribution >= 4 is 23.2 Å². The molecule has 25 heavy (non-hydrogen) atoms. The highest BCUT2D eigenvalue weighted by Crippen LogP contribution is 2.15. The van der Waals surface area contributed by atoms with Crippen molar-refractivity contribution in [2.45, 2.75) is 13.3 Å². The first kappa shape index (κ1) is 16.9. The Balaban J connectivity index is 1.90. The Kier molecular flexibility index (Phi) is 4.95. The van der Waals surface area contributed by atoms with Crippen LogP contribution in [0.25, 0.3) is 5.69 Å². The van der Waals surface area contributed by atoms with Gasteiger partial charge in [0.05, 0.1) is 5.69 Å². The molecule has 0 radical (unpaired) electrons. The Hall–Kier alpha value is -2.92. The maximum Gasteiger partial charge on any atom is 0.280 e. The quantitative estimate of drug-likeness (QED) is 0.777. The molecule has 0 fully saturated rings. The SMILES string of the molecule is CCc1ccc(-n2ccc(=O)c(C(=O)Nc3cccc(Cl)c3)n2)cc1. The minimum absolute atomic E-state index is 0.179. The molecule has 0 atom stereocenters. The van der Waals surface area contributed by atoms with Crippen molar-refractivity contribution in [1.29, 1.82) is 0 Å². The van der Waals surface area contributed by atoms with Gasteiger partial charge in [-0.25, -0.2) is 4.68 Å². The van der Waals surface area contributed by atoms with Crippen LogP contribution in [0.2, 0.25) is 5.02 Å². The predicted molar refractivity (Wildman–Crippen MR) is 98.6 cm³/mol. The van der Waals surface area contributed by atoms with Crippen LogP contribution in [0, 0.1) is 0 Å². The van der Waals surface area contributed by atoms with Gasteiger partial charge in [-0.1, -0.05) is 36.7 Å². The van der Waals surface area contributed by atoms with Crippen molar-refractivity contribution in [3.8, 4) is 5.69 Å². The van der Waals surface area contributed by atoms with E-state index in [-0.39, 0.29) is 5.69 Å². The molecule has 1 amide bonds. The number of hydrogen-bond acceptors (Lipinski definition) is 3. The van der Waals surface area contributed by atoms with Gasteiger partial charge in [-0.2, -0.15) is 5.10 Å². The molecular weight excluding hydrogens is 338 g/mol. The summed E-state index contributed by atoms with van der Waals surface area (Å²) >= 11 is 5.90. The van der Waals surface area contributed by atoms with Crippen LogP contribution in [0.15, 0.2) is 65.6 Å². The van der Waals surface area contributed by atoms with Crippen molar-refractivity contribution in [2.75, 3.05) is 5.32 Å². The summed E-state index contributed by atoms with van der Waals surface area (Å²) in [7, 11) is 0. The molecule has 3 rings (SSSR count). The van der Waals surface area contributed by atoms with Crippen LogP contribution in [0.4, 0.5) is 5.69 Å². The molecule has 6 heteroatoms. The largest absolute Gasteiger partial charge is 0.320 e. The predicted octanol–water partition coefficient (Wildman–Crippen LogP) is 3.70. The number of aryl methyl sites for hydroxylation is 1. The number of amides is 1. The number of nitrogens with one attached hydrogen (secondary N) is 1. The Morgan fingerprint density at radius 3 is 2.60 bits per heavy atom. The molecule has 3 aromatic rings. The number of aromatic nitrogens is 2. The summed E-state index contributed by atoms with van der Waals surface area (Å²) in [5.41, 5.74) is 1.85. The van der Waals surface area contributed by atoms with E-state index in [9.17, 15) is 9.59 Å². The summed E-state index contributed by atoms with van der Waals surface area (Å²) in [6, 6.07) is 15.8. The summed E-state index contributed by atoms with van der Waals surface area (Å²) in [5, 5.41) is 7.31. The fourth-order valence-electron chi connectivity index (χ4n) is 2.35. The Morgan fingerprint density at radius 2 is 1.92 bits per heavy atom. The van der Waals surface area contributed by atoms with Gasteiger partial charge in [0.25, 0.3) is 5.91 Å². The highest BCUT2D eigenvalue weighted by atomic mass is 35.5. The summed E-state index contributed by atoms with van der Waals surface area (Å²) in [4.78, 5) is 24.4. The minimum atomic E-state index is -0.577. The number of anilines is 1. The normalized spacial score (nSPS) is 10.5. The smallest absolute Gasteiger partial charge is 0.280 e. The highest BCUT2D eigenvalue weighted by Gasteiger charge is 2.14. The Bertz CT molecular complexity index is 965. The molecule has 0 aliphatic heterocycles. The topological polar surface area (TPSA) is 64.0 Å². The average molecular weight is 354 g/mol. The molecule has 1 heterocycles. The van der Waals surface area contributed by atoms with Crippen molar-refractivity contribution in [3.63, 3.8) is 0 Å². The van der Waals surface area contributed by atoms with E-state index < -0.39 is 11.3 Å². The zero-order valence-electron chi connectivity index (χ0n) is 13.6. The van der Waals surface area contributed by atoms with Gasteiger partial charge in [-0.3, -0.25) is 9.59 Å². The van der Waals surface area contributed by atoms with E-state index in [4.69, 9.17) is 11.6 Å². The second-order valence-corrected chi connectivity index (χ2v) is 5.89. The molecular formula is C19H16ClN3O2. The molecule has 2 aromatic carbocycles. The van der Waals surface area contributed by atoms with E-state index in [0.29, 0.717) is 10.7 Å². The highest BCUT2D eigenvalue weighted by molar-refractivity contribution is 6.30. The van der Waals surface area contributed by atoms with Crippen LogP contribution in [-0.4, -0.2) is 15.7 Å². The van der Waals surface area contributed by atoms with E-state index in [1.807, 2.05) is 24.3 Å². The van der Waals surface area contributed by atoms with Crippen molar-refractivity contribution in [2.24, 2.45) is 0 Å². The molecule has 0 saturated heterocycles. The number of nitrogens with zero attached hydrogens (tertiary/aromatic N) is 2. The lowest BCUT2D eigenvalue weighted by atomic mass is 10.1. The molecule has 0 saturated carbocycles. The van der Waals surface area contributed by atoms with Gasteiger partial charge in [0.1, 0.15) is 0 Å². The number of hydrogen-bond donors (Lipinski definition) is 1. The zero-order valence-corrected chi connectivity index (χ0v) is 14.3. The van der Waals surface area contributed by atoms with Gasteiger partial charge < -0.3 is 5.32 Å². The fourth-order valence-corrected chi connectivity index (χ4v) is 2.54. The maximum absolute atomic E-state index is 12.4. The summed E-state index contributed by atoms with van der Waals surface area (Å²) in [6.07, 6.45) is 2.48. The van der Waals surface area contributed by atoms with Crippen molar-refractivity contribution in [1.82, 2.24) is 9.78 Å². The molecule has 5 nitrogen and oxygen atoms in total. The third kappa shape index (κ3) is 3.95. The molecule has 0 unspecified atom stereocenters. The maximum atomic E-state index is 12.4. The fraction of sp³-hybridized carbons (Fsp3) is 0.105. The van der Waals surface area contributed by atoms with E-state index >= 15 is 0 Å². The Morgan fingerprint density at radius 1 is 1.16 bits per heavy atom. The summed E-state index contributed by atoms with van der Waals surface area (Å²) in [5.74, 6) is -0.577. The molecule has 0 spiro atoms. The number of rotatable bonds is 4. The number of carbonyl (C=O) groups excluding carboxylic acids is 1. The van der Waals surface area contributed by atoms with Crippen LogP contribution in [0.1, 0.15) is 23.0 Å². The lowest BCUT2D eigenvalue weighted by molar-refractivity contribution is 0.101. The molecule has 0 bridgehead atoms. The van der Waals surface area contributed by atoms with Gasteiger partial charge in [-0.05, 0) is 42.3 Å². The first-order valence-corrected chi connectivity index (χ1v) is 8.21. The molecule has 0 aliphatic carbocycles. The number of carbonyl (C=O) groups is 1. The van der Waals surface area contributed by atoms with Crippen LogP contribution >= 0.6 is 11.6 Å². The van der Waals surface area contributed by atoms with Gasteiger partial charge in [0, 0.05) is 23.0 Å². The molecule has 1 N–H and O–H groups in total. The van der Waals surface area contributed by atoms with Gasteiger partial charge in [-0.15, -0.1) is 0 Å².